The van der Waals surface area contributed by atoms with Crippen LogP contribution in [0.4, 0.5) is 4.39 Å². The summed E-state index contributed by atoms with van der Waals surface area (Å²) in [5, 5.41) is 13.8. The van der Waals surface area contributed by atoms with Gasteiger partial charge in [0.05, 0.1) is 24.3 Å². The number of halogens is 1. The Hall–Kier alpha value is -3.79. The number of amides is 1. The van der Waals surface area contributed by atoms with Crippen molar-refractivity contribution >= 4 is 5.91 Å². The zero-order chi connectivity index (χ0) is 19.7. The van der Waals surface area contributed by atoms with Gasteiger partial charge in [0.1, 0.15) is 17.6 Å². The molecule has 3 aromatic rings. The van der Waals surface area contributed by atoms with Gasteiger partial charge in [-0.25, -0.2) is 4.39 Å². The normalized spacial score (nSPS) is 12.9. The molecule has 1 aromatic carbocycles. The fraction of sp³-hybridized carbons (Fsp3) is 0.143. The Balaban J connectivity index is 1.94. The third-order valence-corrected chi connectivity index (χ3v) is 4.81. The first-order valence-electron chi connectivity index (χ1n) is 8.74. The van der Waals surface area contributed by atoms with Crippen molar-refractivity contribution in [3.8, 4) is 28.5 Å². The number of hydrogen-bond acceptors (Lipinski definition) is 4. The summed E-state index contributed by atoms with van der Waals surface area (Å²) in [5.41, 5.74) is 3.04. The van der Waals surface area contributed by atoms with Gasteiger partial charge in [-0.2, -0.15) is 10.4 Å². The second-order valence-electron chi connectivity index (χ2n) is 6.37. The summed E-state index contributed by atoms with van der Waals surface area (Å²) in [6.07, 6.45) is 4.59. The molecule has 0 spiro atoms. The van der Waals surface area contributed by atoms with Crippen molar-refractivity contribution in [3.63, 3.8) is 0 Å². The van der Waals surface area contributed by atoms with Crippen molar-refractivity contribution in [2.45, 2.75) is 13.1 Å². The first-order chi connectivity index (χ1) is 13.6. The molecule has 0 fully saturated rings. The highest BCUT2D eigenvalue weighted by Crippen LogP contribution is 2.37. The Morgan fingerprint density at radius 2 is 2.04 bits per heavy atom. The quantitative estimate of drug-likeness (QED) is 0.661. The number of nitriles is 1. The Bertz CT molecular complexity index is 1110. The van der Waals surface area contributed by atoms with Gasteiger partial charge in [0.2, 0.25) is 5.91 Å². The van der Waals surface area contributed by atoms with E-state index in [1.807, 2.05) is 18.2 Å². The molecule has 1 aliphatic heterocycles. The SMILES string of the molecule is C=CC(=O)N1CCn2nc(-c3cccc(C#N)c3F)c(-c3ccncc3)c2C1. The van der Waals surface area contributed by atoms with E-state index in [0.717, 1.165) is 16.8 Å². The fourth-order valence-electron chi connectivity index (χ4n) is 3.45. The van der Waals surface area contributed by atoms with E-state index < -0.39 is 5.82 Å². The van der Waals surface area contributed by atoms with E-state index in [1.54, 1.807) is 34.1 Å². The van der Waals surface area contributed by atoms with Crippen molar-refractivity contribution in [1.82, 2.24) is 19.7 Å². The maximum Gasteiger partial charge on any atom is 0.246 e. The number of fused-ring (bicyclic) bond motifs is 1. The van der Waals surface area contributed by atoms with Crippen LogP contribution in [0.3, 0.4) is 0 Å². The summed E-state index contributed by atoms with van der Waals surface area (Å²) >= 11 is 0. The standard InChI is InChI=1S/C21H16FN5O/c1-2-18(28)26-10-11-27-17(13-26)19(14-6-8-24-9-7-14)21(25-27)16-5-3-4-15(12-23)20(16)22/h2-9H,1,10-11,13H2. The van der Waals surface area contributed by atoms with E-state index >= 15 is 0 Å². The minimum absolute atomic E-state index is 0.0346. The van der Waals surface area contributed by atoms with E-state index in [9.17, 15) is 14.4 Å². The van der Waals surface area contributed by atoms with Gasteiger partial charge in [0, 0.05) is 30.1 Å². The number of benzene rings is 1. The molecule has 0 saturated carbocycles. The molecule has 3 heterocycles. The van der Waals surface area contributed by atoms with Crippen molar-refractivity contribution in [1.29, 1.82) is 5.26 Å². The molecule has 0 aliphatic carbocycles. The molecule has 7 heteroatoms. The van der Waals surface area contributed by atoms with Crippen molar-refractivity contribution in [2.75, 3.05) is 6.54 Å². The molecule has 2 aromatic heterocycles. The second-order valence-corrected chi connectivity index (χ2v) is 6.37. The number of carbonyl (C=O) groups excluding carboxylic acids is 1. The number of pyridine rings is 1. The van der Waals surface area contributed by atoms with E-state index in [0.29, 0.717) is 25.3 Å². The molecule has 6 nitrogen and oxygen atoms in total. The Kier molecular flexibility index (Phi) is 4.45. The zero-order valence-corrected chi connectivity index (χ0v) is 15.0. The lowest BCUT2D eigenvalue weighted by Crippen LogP contribution is -2.37. The molecule has 138 valence electrons. The van der Waals surface area contributed by atoms with Gasteiger partial charge < -0.3 is 4.90 Å². The Labute approximate surface area is 161 Å². The van der Waals surface area contributed by atoms with Crippen molar-refractivity contribution < 1.29 is 9.18 Å². The molecular weight excluding hydrogens is 357 g/mol. The number of carbonyl (C=O) groups is 1. The Morgan fingerprint density at radius 3 is 2.75 bits per heavy atom. The third kappa shape index (κ3) is 2.85. The van der Waals surface area contributed by atoms with Crippen LogP contribution in [0.15, 0.2) is 55.4 Å². The summed E-state index contributed by atoms with van der Waals surface area (Å²) < 4.78 is 16.7. The van der Waals surface area contributed by atoms with E-state index in [1.165, 1.54) is 12.1 Å². The van der Waals surface area contributed by atoms with Gasteiger partial charge in [0.15, 0.2) is 0 Å². The first kappa shape index (κ1) is 17.6. The molecule has 28 heavy (non-hydrogen) atoms. The van der Waals surface area contributed by atoms with Crippen LogP contribution in [0, 0.1) is 17.1 Å². The molecule has 4 rings (SSSR count). The van der Waals surface area contributed by atoms with E-state index in [-0.39, 0.29) is 17.0 Å². The molecule has 0 atom stereocenters. The van der Waals surface area contributed by atoms with E-state index in [4.69, 9.17) is 0 Å². The molecule has 0 bridgehead atoms. The average molecular weight is 373 g/mol. The zero-order valence-electron chi connectivity index (χ0n) is 15.0. The average Bonchev–Trinajstić information content (AvgIpc) is 3.12. The number of nitrogens with zero attached hydrogens (tertiary/aromatic N) is 5. The molecule has 0 saturated heterocycles. The lowest BCUT2D eigenvalue weighted by molar-refractivity contribution is -0.127. The van der Waals surface area contributed by atoms with Gasteiger partial charge in [-0.1, -0.05) is 12.6 Å². The van der Waals surface area contributed by atoms with Crippen LogP contribution in [-0.2, 0) is 17.9 Å². The predicted octanol–water partition coefficient (Wildman–Crippen LogP) is 3.15. The summed E-state index contributed by atoms with van der Waals surface area (Å²) in [4.78, 5) is 17.8. The largest absolute Gasteiger partial charge is 0.331 e. The van der Waals surface area contributed by atoms with Gasteiger partial charge in [-0.15, -0.1) is 0 Å². The maximum atomic E-state index is 14.9. The molecular formula is C21H16FN5O. The van der Waals surface area contributed by atoms with Crippen molar-refractivity contribution in [2.24, 2.45) is 0 Å². The van der Waals surface area contributed by atoms with Gasteiger partial charge >= 0.3 is 0 Å². The topological polar surface area (TPSA) is 74.8 Å². The first-order valence-corrected chi connectivity index (χ1v) is 8.74. The van der Waals surface area contributed by atoms with Crippen LogP contribution in [0.2, 0.25) is 0 Å². The predicted molar refractivity (Wildman–Crippen MR) is 101 cm³/mol. The lowest BCUT2D eigenvalue weighted by atomic mass is 9.97. The number of aromatic nitrogens is 3. The summed E-state index contributed by atoms with van der Waals surface area (Å²) in [6.45, 7) is 4.88. The van der Waals surface area contributed by atoms with Gasteiger partial charge in [0.25, 0.3) is 0 Å². The van der Waals surface area contributed by atoms with Crippen LogP contribution < -0.4 is 0 Å². The number of hydrogen-bond donors (Lipinski definition) is 0. The molecule has 0 unspecified atom stereocenters. The molecule has 1 amide bonds. The minimum atomic E-state index is -0.602. The summed E-state index contributed by atoms with van der Waals surface area (Å²) in [6, 6.07) is 10.2. The second kappa shape index (κ2) is 7.08. The third-order valence-electron chi connectivity index (χ3n) is 4.81. The Morgan fingerprint density at radius 1 is 1.25 bits per heavy atom. The van der Waals surface area contributed by atoms with Crippen LogP contribution in [0.25, 0.3) is 22.4 Å². The highest BCUT2D eigenvalue weighted by atomic mass is 19.1. The van der Waals surface area contributed by atoms with Crippen LogP contribution in [0.1, 0.15) is 11.3 Å². The van der Waals surface area contributed by atoms with Gasteiger partial charge in [-0.05, 0) is 35.9 Å². The number of rotatable bonds is 3. The molecule has 0 radical (unpaired) electrons. The lowest BCUT2D eigenvalue weighted by Gasteiger charge is -2.27. The smallest absolute Gasteiger partial charge is 0.246 e. The minimum Gasteiger partial charge on any atom is -0.331 e. The molecule has 0 N–H and O–H groups in total. The summed E-state index contributed by atoms with van der Waals surface area (Å²) in [5.74, 6) is -0.762. The fourth-order valence-corrected chi connectivity index (χ4v) is 3.45. The van der Waals surface area contributed by atoms with E-state index in [2.05, 4.69) is 16.7 Å². The highest BCUT2D eigenvalue weighted by molar-refractivity contribution is 5.88. The summed E-state index contributed by atoms with van der Waals surface area (Å²) in [7, 11) is 0. The van der Waals surface area contributed by atoms with Crippen molar-refractivity contribution in [3.05, 3.63) is 72.5 Å². The molecule has 1 aliphatic rings. The van der Waals surface area contributed by atoms with Gasteiger partial charge in [-0.3, -0.25) is 14.5 Å². The van der Waals surface area contributed by atoms with Crippen LogP contribution >= 0.6 is 0 Å². The maximum absolute atomic E-state index is 14.9. The van der Waals surface area contributed by atoms with Crippen LogP contribution in [0.5, 0.6) is 0 Å². The highest BCUT2D eigenvalue weighted by Gasteiger charge is 2.28. The monoisotopic (exact) mass is 373 g/mol. The van der Waals surface area contributed by atoms with Crippen LogP contribution in [-0.4, -0.2) is 32.1 Å².